The van der Waals surface area contributed by atoms with Crippen molar-refractivity contribution in [2.75, 3.05) is 19.9 Å². The molecular weight excluding hydrogens is 305 g/mol. The maximum atomic E-state index is 13.7. The lowest BCUT2D eigenvalue weighted by Crippen LogP contribution is -2.20. The second kappa shape index (κ2) is 8.08. The van der Waals surface area contributed by atoms with Crippen LogP contribution < -0.4 is 10.1 Å². The fraction of sp³-hybridized carbons (Fsp3) is 0.300. The predicted molar refractivity (Wildman–Crippen MR) is 93.4 cm³/mol. The maximum absolute atomic E-state index is 13.7. The van der Waals surface area contributed by atoms with E-state index in [1.165, 1.54) is 17.2 Å². The van der Waals surface area contributed by atoms with Crippen molar-refractivity contribution in [3.63, 3.8) is 0 Å². The van der Waals surface area contributed by atoms with Gasteiger partial charge in [-0.15, -0.1) is 0 Å². The third kappa shape index (κ3) is 4.43. The third-order valence-corrected chi connectivity index (χ3v) is 3.94. The van der Waals surface area contributed by atoms with E-state index in [4.69, 9.17) is 9.47 Å². The molecule has 0 fully saturated rings. The quantitative estimate of drug-likeness (QED) is 0.816. The zero-order chi connectivity index (χ0) is 16.8. The minimum absolute atomic E-state index is 0.234. The van der Waals surface area contributed by atoms with Crippen molar-refractivity contribution < 1.29 is 13.9 Å². The fourth-order valence-corrected chi connectivity index (χ4v) is 2.84. The summed E-state index contributed by atoms with van der Waals surface area (Å²) in [4.78, 5) is 0. The number of nitrogens with one attached hydrogen (secondary N) is 1. The molecule has 1 N–H and O–H groups in total. The maximum Gasteiger partial charge on any atom is 0.189 e. The number of benzene rings is 2. The van der Waals surface area contributed by atoms with E-state index in [1.807, 2.05) is 18.2 Å². The average molecular weight is 327 g/mol. The molecule has 0 aliphatic carbocycles. The molecule has 0 bridgehead atoms. The van der Waals surface area contributed by atoms with Crippen LogP contribution >= 0.6 is 0 Å². The predicted octanol–water partition coefficient (Wildman–Crippen LogP) is 3.93. The Bertz CT molecular complexity index is 713. The Kier molecular flexibility index (Phi) is 5.62. The van der Waals surface area contributed by atoms with E-state index >= 15 is 0 Å². The minimum atomic E-state index is -0.238. The van der Waals surface area contributed by atoms with Crippen molar-refractivity contribution in [1.82, 2.24) is 5.32 Å². The number of ether oxygens (including phenoxy) is 2. The Hall–Kier alpha value is -2.17. The van der Waals surface area contributed by atoms with Crippen LogP contribution in [0.15, 0.2) is 48.0 Å². The number of fused-ring (bicyclic) bond motifs is 1. The van der Waals surface area contributed by atoms with Gasteiger partial charge in [-0.05, 0) is 43.1 Å². The van der Waals surface area contributed by atoms with Gasteiger partial charge in [0.25, 0.3) is 0 Å². The monoisotopic (exact) mass is 327 g/mol. The lowest BCUT2D eigenvalue weighted by Gasteiger charge is -2.21. The summed E-state index contributed by atoms with van der Waals surface area (Å²) in [7, 11) is 0. The van der Waals surface area contributed by atoms with Gasteiger partial charge in [-0.25, -0.2) is 4.39 Å². The van der Waals surface area contributed by atoms with Crippen LogP contribution in [0.1, 0.15) is 23.6 Å². The van der Waals surface area contributed by atoms with E-state index in [2.05, 4.69) is 30.4 Å². The highest BCUT2D eigenvalue weighted by atomic mass is 19.1. The Labute approximate surface area is 142 Å². The number of hydrogen-bond acceptors (Lipinski definition) is 3. The van der Waals surface area contributed by atoms with Crippen molar-refractivity contribution in [1.29, 1.82) is 0 Å². The van der Waals surface area contributed by atoms with Crippen LogP contribution in [-0.2, 0) is 17.8 Å². The minimum Gasteiger partial charge on any atom is -0.467 e. The first kappa shape index (κ1) is 16.7. The highest BCUT2D eigenvalue weighted by molar-refractivity contribution is 5.52. The lowest BCUT2D eigenvalue weighted by molar-refractivity contribution is -0.0172. The molecular formula is C20H22FNO2. The molecule has 0 saturated heterocycles. The number of rotatable bonds is 6. The standard InChI is InChI=1S/C20H22FNO2/c1-15(9-16-5-3-2-4-6-16)12-22-8-7-17-10-19(21)11-18-13-23-14-24-20(17)18/h2-6,9-11,22H,7-8,12-14H2,1H3/b15-9-. The van der Waals surface area contributed by atoms with Crippen LogP contribution in [0.2, 0.25) is 0 Å². The molecule has 3 rings (SSSR count). The van der Waals surface area contributed by atoms with Crippen LogP contribution in [0.3, 0.4) is 0 Å². The second-order valence-electron chi connectivity index (χ2n) is 5.99. The molecule has 1 aliphatic heterocycles. The zero-order valence-corrected chi connectivity index (χ0v) is 13.8. The fourth-order valence-electron chi connectivity index (χ4n) is 2.84. The van der Waals surface area contributed by atoms with Crippen LogP contribution in [0, 0.1) is 5.82 Å². The first-order valence-corrected chi connectivity index (χ1v) is 8.17. The molecule has 24 heavy (non-hydrogen) atoms. The van der Waals surface area contributed by atoms with E-state index in [0.717, 1.165) is 36.4 Å². The summed E-state index contributed by atoms with van der Waals surface area (Å²) in [5.74, 6) is 0.541. The van der Waals surface area contributed by atoms with E-state index in [-0.39, 0.29) is 12.6 Å². The van der Waals surface area contributed by atoms with Gasteiger partial charge in [0.2, 0.25) is 0 Å². The Morgan fingerprint density at radius 1 is 1.25 bits per heavy atom. The molecule has 4 heteroatoms. The van der Waals surface area contributed by atoms with Crippen LogP contribution in [-0.4, -0.2) is 19.9 Å². The number of hydrogen-bond donors (Lipinski definition) is 1. The Morgan fingerprint density at radius 3 is 2.92 bits per heavy atom. The zero-order valence-electron chi connectivity index (χ0n) is 13.8. The van der Waals surface area contributed by atoms with Gasteiger partial charge in [0.1, 0.15) is 11.6 Å². The summed E-state index contributed by atoms with van der Waals surface area (Å²) in [5, 5.41) is 3.40. The summed E-state index contributed by atoms with van der Waals surface area (Å²) in [6.45, 7) is 4.31. The Balaban J connectivity index is 1.54. The van der Waals surface area contributed by atoms with E-state index < -0.39 is 0 Å². The molecule has 1 heterocycles. The van der Waals surface area contributed by atoms with Crippen LogP contribution in [0.5, 0.6) is 5.75 Å². The molecule has 2 aromatic rings. The van der Waals surface area contributed by atoms with Crippen LogP contribution in [0.25, 0.3) is 6.08 Å². The van der Waals surface area contributed by atoms with Crippen molar-refractivity contribution in [3.05, 3.63) is 70.5 Å². The van der Waals surface area contributed by atoms with Gasteiger partial charge < -0.3 is 14.8 Å². The van der Waals surface area contributed by atoms with E-state index in [9.17, 15) is 4.39 Å². The molecule has 0 spiro atoms. The molecule has 0 saturated carbocycles. The summed E-state index contributed by atoms with van der Waals surface area (Å²) in [6, 6.07) is 13.3. The van der Waals surface area contributed by atoms with Gasteiger partial charge in [-0.3, -0.25) is 0 Å². The molecule has 2 aromatic carbocycles. The van der Waals surface area contributed by atoms with Gasteiger partial charge in [-0.1, -0.05) is 42.0 Å². The molecule has 3 nitrogen and oxygen atoms in total. The van der Waals surface area contributed by atoms with Gasteiger partial charge in [0, 0.05) is 12.1 Å². The lowest BCUT2D eigenvalue weighted by atomic mass is 10.1. The normalized spacial score (nSPS) is 14.2. The molecule has 0 amide bonds. The van der Waals surface area contributed by atoms with Crippen LogP contribution in [0.4, 0.5) is 4.39 Å². The van der Waals surface area contributed by atoms with Crippen molar-refractivity contribution in [2.24, 2.45) is 0 Å². The largest absolute Gasteiger partial charge is 0.467 e. The van der Waals surface area contributed by atoms with Gasteiger partial charge in [0.15, 0.2) is 6.79 Å². The third-order valence-electron chi connectivity index (χ3n) is 3.94. The first-order chi connectivity index (χ1) is 11.7. The Morgan fingerprint density at radius 2 is 2.08 bits per heavy atom. The molecule has 0 aromatic heterocycles. The topological polar surface area (TPSA) is 30.5 Å². The van der Waals surface area contributed by atoms with E-state index in [1.54, 1.807) is 6.07 Å². The molecule has 0 atom stereocenters. The number of halogens is 1. The second-order valence-corrected chi connectivity index (χ2v) is 5.99. The SMILES string of the molecule is C/C(=C/c1ccccc1)CNCCc1cc(F)cc2c1OCOC2. The van der Waals surface area contributed by atoms with Gasteiger partial charge in [-0.2, -0.15) is 0 Å². The summed E-state index contributed by atoms with van der Waals surface area (Å²) in [5.41, 5.74) is 4.14. The molecule has 1 aliphatic rings. The first-order valence-electron chi connectivity index (χ1n) is 8.17. The summed E-state index contributed by atoms with van der Waals surface area (Å²) in [6.07, 6.45) is 2.89. The molecule has 0 unspecified atom stereocenters. The highest BCUT2D eigenvalue weighted by Crippen LogP contribution is 2.29. The van der Waals surface area contributed by atoms with Crippen molar-refractivity contribution in [2.45, 2.75) is 20.0 Å². The van der Waals surface area contributed by atoms with Gasteiger partial charge in [0.05, 0.1) is 6.61 Å². The van der Waals surface area contributed by atoms with E-state index in [0.29, 0.717) is 6.61 Å². The average Bonchev–Trinajstić information content (AvgIpc) is 2.59. The van der Waals surface area contributed by atoms with Crippen molar-refractivity contribution >= 4 is 6.08 Å². The summed E-state index contributed by atoms with van der Waals surface area (Å²) >= 11 is 0. The summed E-state index contributed by atoms with van der Waals surface area (Å²) < 4.78 is 24.4. The molecule has 126 valence electrons. The smallest absolute Gasteiger partial charge is 0.189 e. The highest BCUT2D eigenvalue weighted by Gasteiger charge is 2.16. The van der Waals surface area contributed by atoms with Gasteiger partial charge >= 0.3 is 0 Å². The van der Waals surface area contributed by atoms with Crippen molar-refractivity contribution in [3.8, 4) is 5.75 Å². The molecule has 0 radical (unpaired) electrons.